The van der Waals surface area contributed by atoms with Gasteiger partial charge in [0.25, 0.3) is 0 Å². The first-order valence-corrected chi connectivity index (χ1v) is 20.8. The average molecular weight is 672 g/mol. The lowest BCUT2D eigenvalue weighted by Crippen LogP contribution is -2.41. The summed E-state index contributed by atoms with van der Waals surface area (Å²) in [6, 6.07) is 0. The second-order valence-electron chi connectivity index (χ2n) is 15.4. The van der Waals surface area contributed by atoms with E-state index in [2.05, 4.69) is 40.5 Å². The van der Waals surface area contributed by atoms with Crippen LogP contribution in [0.3, 0.4) is 0 Å². The van der Waals surface area contributed by atoms with E-state index in [4.69, 9.17) is 10.5 Å². The third kappa shape index (κ3) is 22.1. The molecule has 0 amide bonds. The van der Waals surface area contributed by atoms with E-state index < -0.39 is 0 Å². The summed E-state index contributed by atoms with van der Waals surface area (Å²) in [6.45, 7) is 7.84. The van der Waals surface area contributed by atoms with Crippen LogP contribution in [0.15, 0.2) is 12.7 Å². The topological polar surface area (TPSA) is 78.9 Å². The molecule has 2 aromatic heterocycles. The molecule has 0 bridgehead atoms. The standard InChI is InChI=1S/C41H79N6O/c1-4-5-6-7-8-9-10-11-12-13-14-18-23-28-33-47(2,3)34-29-24-19-16-21-26-31-36-48-35-30-25-20-15-17-22-27-32-46-38-45-39-40(42)43-37-44-41(39)46/h37-38H,4-36H2,1-3H3,(H2,42,43,44)/q+1. The van der Waals surface area contributed by atoms with Gasteiger partial charge in [-0.2, -0.15) is 0 Å². The van der Waals surface area contributed by atoms with Gasteiger partial charge in [-0.25, -0.2) is 15.0 Å². The number of anilines is 1. The summed E-state index contributed by atoms with van der Waals surface area (Å²) in [5.74, 6) is 0.461. The van der Waals surface area contributed by atoms with E-state index in [-0.39, 0.29) is 0 Å². The van der Waals surface area contributed by atoms with Crippen LogP contribution in [0.5, 0.6) is 0 Å². The Morgan fingerprint density at radius 3 is 1.44 bits per heavy atom. The number of ether oxygens (including phenoxy) is 1. The molecule has 2 N–H and O–H groups in total. The predicted octanol–water partition coefficient (Wildman–Crippen LogP) is 11.4. The molecule has 7 nitrogen and oxygen atoms in total. The van der Waals surface area contributed by atoms with Crippen LogP contribution in [-0.2, 0) is 11.3 Å². The van der Waals surface area contributed by atoms with Crippen molar-refractivity contribution in [2.45, 2.75) is 193 Å². The summed E-state index contributed by atoms with van der Waals surface area (Å²) in [4.78, 5) is 12.7. The van der Waals surface area contributed by atoms with Crippen molar-refractivity contribution in [1.82, 2.24) is 19.5 Å². The minimum Gasteiger partial charge on any atom is -0.382 e. The van der Waals surface area contributed by atoms with Crippen molar-refractivity contribution in [3.63, 3.8) is 0 Å². The molecule has 2 heterocycles. The molecule has 2 aromatic rings. The molecule has 0 atom stereocenters. The van der Waals surface area contributed by atoms with Crippen molar-refractivity contribution in [3.05, 3.63) is 12.7 Å². The van der Waals surface area contributed by atoms with E-state index in [0.29, 0.717) is 11.3 Å². The molecule has 2 rings (SSSR count). The zero-order chi connectivity index (χ0) is 34.4. The normalized spacial score (nSPS) is 12.1. The van der Waals surface area contributed by atoms with E-state index in [1.807, 2.05) is 6.33 Å². The van der Waals surface area contributed by atoms with Gasteiger partial charge in [-0.05, 0) is 44.9 Å². The van der Waals surface area contributed by atoms with Gasteiger partial charge in [0.15, 0.2) is 11.5 Å². The largest absolute Gasteiger partial charge is 0.382 e. The lowest BCUT2D eigenvalue weighted by Gasteiger charge is -2.30. The molecular weight excluding hydrogens is 592 g/mol. The monoisotopic (exact) mass is 672 g/mol. The Morgan fingerprint density at radius 2 is 0.958 bits per heavy atom. The number of unbranched alkanes of at least 4 members (excludes halogenated alkanes) is 25. The van der Waals surface area contributed by atoms with E-state index >= 15 is 0 Å². The highest BCUT2D eigenvalue weighted by Crippen LogP contribution is 2.17. The maximum atomic E-state index is 5.91. The maximum Gasteiger partial charge on any atom is 0.165 e. The summed E-state index contributed by atoms with van der Waals surface area (Å²) in [6.07, 6.45) is 42.0. The molecular formula is C41H79N6O+. The van der Waals surface area contributed by atoms with Crippen molar-refractivity contribution in [1.29, 1.82) is 0 Å². The molecule has 0 spiro atoms. The minimum atomic E-state index is 0.461. The summed E-state index contributed by atoms with van der Waals surface area (Å²) in [5.41, 5.74) is 7.43. The summed E-state index contributed by atoms with van der Waals surface area (Å²) in [7, 11) is 4.90. The van der Waals surface area contributed by atoms with Gasteiger partial charge in [-0.1, -0.05) is 142 Å². The van der Waals surface area contributed by atoms with Crippen molar-refractivity contribution >= 4 is 17.0 Å². The van der Waals surface area contributed by atoms with Crippen LogP contribution in [0.25, 0.3) is 11.2 Å². The Kier molecular flexibility index (Phi) is 25.7. The predicted molar refractivity (Wildman–Crippen MR) is 207 cm³/mol. The van der Waals surface area contributed by atoms with E-state index in [0.717, 1.165) is 31.8 Å². The Bertz CT molecular complexity index is 992. The maximum absolute atomic E-state index is 5.91. The number of nitrogen functional groups attached to an aromatic ring is 1. The second-order valence-corrected chi connectivity index (χ2v) is 15.4. The SMILES string of the molecule is CCCCCCCCCCCCCCCC[N+](C)(C)CCCCCCCCCOCCCCCCCCCn1cnc2c(N)ncnc21. The highest BCUT2D eigenvalue weighted by atomic mass is 16.5. The number of fused-ring (bicyclic) bond motifs is 1. The van der Waals surface area contributed by atoms with Crippen molar-refractivity contribution in [3.8, 4) is 0 Å². The summed E-state index contributed by atoms with van der Waals surface area (Å²) in [5, 5.41) is 0. The molecule has 7 heteroatoms. The highest BCUT2D eigenvalue weighted by molar-refractivity contribution is 5.81. The molecule has 0 aromatic carbocycles. The molecule has 0 aliphatic carbocycles. The molecule has 48 heavy (non-hydrogen) atoms. The fraction of sp³-hybridized carbons (Fsp3) is 0.878. The zero-order valence-electron chi connectivity index (χ0n) is 32.2. The molecule has 0 saturated carbocycles. The van der Waals surface area contributed by atoms with Gasteiger partial charge in [-0.3, -0.25) is 0 Å². The van der Waals surface area contributed by atoms with Gasteiger partial charge in [0.05, 0.1) is 33.5 Å². The first-order chi connectivity index (χ1) is 23.5. The third-order valence-corrected chi connectivity index (χ3v) is 10.3. The molecule has 278 valence electrons. The van der Waals surface area contributed by atoms with Crippen molar-refractivity contribution in [2.75, 3.05) is 46.1 Å². The lowest BCUT2D eigenvalue weighted by atomic mass is 10.0. The number of aromatic nitrogens is 4. The number of quaternary nitrogens is 1. The van der Waals surface area contributed by atoms with Crippen LogP contribution in [0.1, 0.15) is 187 Å². The van der Waals surface area contributed by atoms with Crippen LogP contribution < -0.4 is 5.73 Å². The zero-order valence-corrected chi connectivity index (χ0v) is 32.2. The molecule has 0 aliphatic heterocycles. The Balaban J connectivity index is 1.23. The summed E-state index contributed by atoms with van der Waals surface area (Å²) < 4.78 is 9.21. The van der Waals surface area contributed by atoms with Crippen LogP contribution in [0.2, 0.25) is 0 Å². The first-order valence-electron chi connectivity index (χ1n) is 20.8. The Morgan fingerprint density at radius 1 is 0.542 bits per heavy atom. The number of hydrogen-bond donors (Lipinski definition) is 1. The van der Waals surface area contributed by atoms with Gasteiger partial charge in [0.2, 0.25) is 0 Å². The molecule has 0 unspecified atom stereocenters. The quantitative estimate of drug-likeness (QED) is 0.0583. The number of imidazole rings is 1. The molecule has 0 fully saturated rings. The molecule has 0 saturated heterocycles. The number of rotatable bonds is 35. The minimum absolute atomic E-state index is 0.461. The highest BCUT2D eigenvalue weighted by Gasteiger charge is 2.13. The number of aryl methyl sites for hydroxylation is 1. The summed E-state index contributed by atoms with van der Waals surface area (Å²) >= 11 is 0. The lowest BCUT2D eigenvalue weighted by molar-refractivity contribution is -0.890. The van der Waals surface area contributed by atoms with Gasteiger partial charge in [-0.15, -0.1) is 0 Å². The number of nitrogens with zero attached hydrogens (tertiary/aromatic N) is 5. The van der Waals surface area contributed by atoms with Crippen LogP contribution in [0.4, 0.5) is 5.82 Å². The molecule has 0 aliphatic rings. The van der Waals surface area contributed by atoms with Crippen LogP contribution in [0, 0.1) is 0 Å². The fourth-order valence-electron chi connectivity index (χ4n) is 7.01. The van der Waals surface area contributed by atoms with E-state index in [1.54, 1.807) is 0 Å². The van der Waals surface area contributed by atoms with Crippen molar-refractivity contribution < 1.29 is 9.22 Å². The van der Waals surface area contributed by atoms with Gasteiger partial charge >= 0.3 is 0 Å². The average Bonchev–Trinajstić information content (AvgIpc) is 3.50. The first kappa shape index (κ1) is 42.4. The van der Waals surface area contributed by atoms with Crippen LogP contribution in [-0.4, -0.2) is 64.4 Å². The van der Waals surface area contributed by atoms with Gasteiger partial charge in [0, 0.05) is 19.8 Å². The van der Waals surface area contributed by atoms with E-state index in [9.17, 15) is 0 Å². The fourth-order valence-corrected chi connectivity index (χ4v) is 7.01. The van der Waals surface area contributed by atoms with Gasteiger partial charge < -0.3 is 19.5 Å². The second kappa shape index (κ2) is 29.0. The number of nitrogens with two attached hydrogens (primary N) is 1. The van der Waals surface area contributed by atoms with Crippen LogP contribution >= 0.6 is 0 Å². The van der Waals surface area contributed by atoms with E-state index in [1.165, 1.54) is 197 Å². The Labute approximate surface area is 297 Å². The number of hydrogen-bond acceptors (Lipinski definition) is 5. The van der Waals surface area contributed by atoms with Gasteiger partial charge in [0.1, 0.15) is 11.8 Å². The van der Waals surface area contributed by atoms with Crippen molar-refractivity contribution in [2.24, 2.45) is 0 Å². The molecule has 0 radical (unpaired) electrons. The third-order valence-electron chi connectivity index (χ3n) is 10.3. The Hall–Kier alpha value is -1.73. The smallest absolute Gasteiger partial charge is 0.165 e.